The number of hydrogen-bond acceptors (Lipinski definition) is 2. The van der Waals surface area contributed by atoms with E-state index in [1.54, 1.807) is 0 Å². The van der Waals surface area contributed by atoms with Crippen LogP contribution in [0.2, 0.25) is 0 Å². The Morgan fingerprint density at radius 3 is 2.75 bits per heavy atom. The van der Waals surface area contributed by atoms with Crippen LogP contribution in [-0.2, 0) is 6.54 Å². The second-order valence-electron chi connectivity index (χ2n) is 4.80. The Balaban J connectivity index is 1.91. The van der Waals surface area contributed by atoms with Crippen molar-refractivity contribution in [3.8, 4) is 0 Å². The molecule has 0 radical (unpaired) electrons. The average molecular weight is 327 g/mol. The standard InChI is InChI=1S/C17H15BrN2/c1-12-9-13(16-7-2-3-8-17(16)20-12)11-19-15-6-4-5-14(18)10-15/h2-10,19H,11H2,1H3. The van der Waals surface area contributed by atoms with Crippen LogP contribution in [0.15, 0.2) is 59.1 Å². The number of pyridine rings is 1. The molecule has 0 bridgehead atoms. The number of anilines is 1. The summed E-state index contributed by atoms with van der Waals surface area (Å²) >= 11 is 3.49. The summed E-state index contributed by atoms with van der Waals surface area (Å²) < 4.78 is 1.08. The minimum atomic E-state index is 0.792. The van der Waals surface area contributed by atoms with Crippen LogP contribution >= 0.6 is 15.9 Å². The second-order valence-corrected chi connectivity index (χ2v) is 5.72. The number of nitrogens with zero attached hydrogens (tertiary/aromatic N) is 1. The summed E-state index contributed by atoms with van der Waals surface area (Å²) in [6.07, 6.45) is 0. The third-order valence-corrected chi connectivity index (χ3v) is 3.73. The van der Waals surface area contributed by atoms with Crippen molar-refractivity contribution in [1.29, 1.82) is 0 Å². The van der Waals surface area contributed by atoms with Crippen molar-refractivity contribution in [3.05, 3.63) is 70.3 Å². The number of nitrogens with one attached hydrogen (secondary N) is 1. The second kappa shape index (κ2) is 5.63. The zero-order chi connectivity index (χ0) is 13.9. The lowest BCUT2D eigenvalue weighted by Crippen LogP contribution is -2.01. The third-order valence-electron chi connectivity index (χ3n) is 3.24. The number of aryl methyl sites for hydroxylation is 1. The average Bonchev–Trinajstić information content (AvgIpc) is 2.44. The Morgan fingerprint density at radius 1 is 1.05 bits per heavy atom. The fourth-order valence-corrected chi connectivity index (χ4v) is 2.74. The maximum atomic E-state index is 4.57. The number of fused-ring (bicyclic) bond motifs is 1. The van der Waals surface area contributed by atoms with Crippen LogP contribution in [0.1, 0.15) is 11.3 Å². The van der Waals surface area contributed by atoms with Crippen molar-refractivity contribution in [1.82, 2.24) is 4.98 Å². The van der Waals surface area contributed by atoms with Crippen LogP contribution in [-0.4, -0.2) is 4.98 Å². The molecule has 3 aromatic rings. The van der Waals surface area contributed by atoms with E-state index in [0.29, 0.717) is 0 Å². The summed E-state index contributed by atoms with van der Waals surface area (Å²) in [6.45, 7) is 2.83. The van der Waals surface area contributed by atoms with E-state index in [4.69, 9.17) is 0 Å². The van der Waals surface area contributed by atoms with E-state index in [1.807, 2.05) is 25.1 Å². The quantitative estimate of drug-likeness (QED) is 0.739. The van der Waals surface area contributed by atoms with Crippen LogP contribution in [0.5, 0.6) is 0 Å². The molecule has 0 fully saturated rings. The van der Waals surface area contributed by atoms with Crippen LogP contribution in [0, 0.1) is 6.92 Å². The number of rotatable bonds is 3. The molecule has 0 unspecified atom stereocenters. The van der Waals surface area contributed by atoms with E-state index in [0.717, 1.165) is 27.9 Å². The van der Waals surface area contributed by atoms with Gasteiger partial charge in [-0.1, -0.05) is 40.2 Å². The molecule has 2 nitrogen and oxygen atoms in total. The largest absolute Gasteiger partial charge is 0.381 e. The van der Waals surface area contributed by atoms with Gasteiger partial charge in [-0.3, -0.25) is 4.98 Å². The van der Waals surface area contributed by atoms with Gasteiger partial charge in [0.25, 0.3) is 0 Å². The van der Waals surface area contributed by atoms with E-state index in [2.05, 4.69) is 62.6 Å². The zero-order valence-electron chi connectivity index (χ0n) is 11.2. The molecule has 1 heterocycles. The van der Waals surface area contributed by atoms with Crippen molar-refractivity contribution >= 4 is 32.5 Å². The van der Waals surface area contributed by atoms with Crippen molar-refractivity contribution in [2.45, 2.75) is 13.5 Å². The normalized spacial score (nSPS) is 10.7. The SMILES string of the molecule is Cc1cc(CNc2cccc(Br)c2)c2ccccc2n1. The van der Waals surface area contributed by atoms with Gasteiger partial charge in [0, 0.05) is 27.8 Å². The number of benzene rings is 2. The summed E-state index contributed by atoms with van der Waals surface area (Å²) in [7, 11) is 0. The van der Waals surface area contributed by atoms with Gasteiger partial charge in [-0.25, -0.2) is 0 Å². The Hall–Kier alpha value is -1.87. The molecule has 0 aliphatic heterocycles. The van der Waals surface area contributed by atoms with Gasteiger partial charge in [0.15, 0.2) is 0 Å². The summed E-state index contributed by atoms with van der Waals surface area (Å²) in [5, 5.41) is 4.67. The Morgan fingerprint density at radius 2 is 1.90 bits per heavy atom. The lowest BCUT2D eigenvalue weighted by molar-refractivity contribution is 1.13. The molecule has 0 atom stereocenters. The molecule has 0 saturated carbocycles. The summed E-state index contributed by atoms with van der Waals surface area (Å²) in [5.74, 6) is 0. The summed E-state index contributed by atoms with van der Waals surface area (Å²) in [5.41, 5.74) is 4.49. The van der Waals surface area contributed by atoms with Crippen molar-refractivity contribution in [2.24, 2.45) is 0 Å². The van der Waals surface area contributed by atoms with Crippen molar-refractivity contribution in [3.63, 3.8) is 0 Å². The van der Waals surface area contributed by atoms with E-state index < -0.39 is 0 Å². The highest BCUT2D eigenvalue weighted by molar-refractivity contribution is 9.10. The highest BCUT2D eigenvalue weighted by Gasteiger charge is 2.03. The van der Waals surface area contributed by atoms with Crippen LogP contribution < -0.4 is 5.32 Å². The topological polar surface area (TPSA) is 24.9 Å². The Bertz CT molecular complexity index is 753. The van der Waals surface area contributed by atoms with E-state index in [1.165, 1.54) is 10.9 Å². The number of aromatic nitrogens is 1. The Labute approximate surface area is 127 Å². The lowest BCUT2D eigenvalue weighted by atomic mass is 10.1. The van der Waals surface area contributed by atoms with E-state index in [9.17, 15) is 0 Å². The molecule has 100 valence electrons. The molecule has 0 amide bonds. The molecule has 2 aromatic carbocycles. The summed E-state index contributed by atoms with van der Waals surface area (Å²) in [4.78, 5) is 4.57. The predicted octanol–water partition coefficient (Wildman–Crippen LogP) is 4.92. The van der Waals surface area contributed by atoms with Crippen LogP contribution in [0.25, 0.3) is 10.9 Å². The fourth-order valence-electron chi connectivity index (χ4n) is 2.34. The van der Waals surface area contributed by atoms with E-state index in [-0.39, 0.29) is 0 Å². The molecule has 0 aliphatic rings. The molecule has 0 saturated heterocycles. The van der Waals surface area contributed by atoms with Gasteiger partial charge in [0.05, 0.1) is 5.52 Å². The number of halogens is 1. The molecule has 0 spiro atoms. The maximum absolute atomic E-state index is 4.57. The molecule has 3 rings (SSSR count). The molecular weight excluding hydrogens is 312 g/mol. The highest BCUT2D eigenvalue weighted by atomic mass is 79.9. The molecular formula is C17H15BrN2. The molecule has 1 N–H and O–H groups in total. The maximum Gasteiger partial charge on any atom is 0.0708 e. The smallest absolute Gasteiger partial charge is 0.0708 e. The monoisotopic (exact) mass is 326 g/mol. The molecule has 20 heavy (non-hydrogen) atoms. The van der Waals surface area contributed by atoms with Gasteiger partial charge in [0.1, 0.15) is 0 Å². The minimum Gasteiger partial charge on any atom is -0.381 e. The molecule has 3 heteroatoms. The van der Waals surface area contributed by atoms with Crippen LogP contribution in [0.3, 0.4) is 0 Å². The lowest BCUT2D eigenvalue weighted by Gasteiger charge is -2.10. The highest BCUT2D eigenvalue weighted by Crippen LogP contribution is 2.21. The van der Waals surface area contributed by atoms with Gasteiger partial charge in [-0.15, -0.1) is 0 Å². The first kappa shape index (κ1) is 13.1. The van der Waals surface area contributed by atoms with Crippen molar-refractivity contribution in [2.75, 3.05) is 5.32 Å². The van der Waals surface area contributed by atoms with Crippen LogP contribution in [0.4, 0.5) is 5.69 Å². The third kappa shape index (κ3) is 2.83. The zero-order valence-corrected chi connectivity index (χ0v) is 12.8. The van der Waals surface area contributed by atoms with Crippen molar-refractivity contribution < 1.29 is 0 Å². The number of para-hydroxylation sites is 1. The van der Waals surface area contributed by atoms with E-state index >= 15 is 0 Å². The van der Waals surface area contributed by atoms with Gasteiger partial charge >= 0.3 is 0 Å². The van der Waals surface area contributed by atoms with Gasteiger partial charge < -0.3 is 5.32 Å². The Kier molecular flexibility index (Phi) is 3.70. The minimum absolute atomic E-state index is 0.792. The first-order valence-corrected chi connectivity index (χ1v) is 7.36. The molecule has 1 aromatic heterocycles. The van der Waals surface area contributed by atoms with Gasteiger partial charge in [-0.05, 0) is 42.8 Å². The number of hydrogen-bond donors (Lipinski definition) is 1. The predicted molar refractivity (Wildman–Crippen MR) is 87.9 cm³/mol. The van der Waals surface area contributed by atoms with Gasteiger partial charge in [0.2, 0.25) is 0 Å². The summed E-state index contributed by atoms with van der Waals surface area (Å²) in [6, 6.07) is 18.6. The first-order chi connectivity index (χ1) is 9.72. The molecule has 0 aliphatic carbocycles. The first-order valence-electron chi connectivity index (χ1n) is 6.57. The van der Waals surface area contributed by atoms with Gasteiger partial charge in [-0.2, -0.15) is 0 Å². The fraction of sp³-hybridized carbons (Fsp3) is 0.118.